The summed E-state index contributed by atoms with van der Waals surface area (Å²) in [6.45, 7) is 1.80. The van der Waals surface area contributed by atoms with Gasteiger partial charge in [0.15, 0.2) is 0 Å². The molecule has 1 saturated heterocycles. The van der Waals surface area contributed by atoms with Gasteiger partial charge in [0.05, 0.1) is 16.6 Å². The van der Waals surface area contributed by atoms with Gasteiger partial charge in [-0.25, -0.2) is 13.5 Å². The molecule has 0 amide bonds. The molecular formula is C18H17F2N3O. The Hall–Kier alpha value is -2.47. The molecule has 0 unspecified atom stereocenters. The summed E-state index contributed by atoms with van der Waals surface area (Å²) < 4.78 is 34.6. The molecule has 24 heavy (non-hydrogen) atoms. The fourth-order valence-corrected chi connectivity index (χ4v) is 3.00. The highest BCUT2D eigenvalue weighted by Crippen LogP contribution is 2.30. The first-order chi connectivity index (χ1) is 11.7. The number of hydrogen-bond acceptors (Lipinski definition) is 3. The lowest BCUT2D eigenvalue weighted by molar-refractivity contribution is 0.157. The van der Waals surface area contributed by atoms with Gasteiger partial charge in [-0.1, -0.05) is 0 Å². The summed E-state index contributed by atoms with van der Waals surface area (Å²) in [5, 5.41) is 8.41. The van der Waals surface area contributed by atoms with E-state index in [9.17, 15) is 8.78 Å². The van der Waals surface area contributed by atoms with Gasteiger partial charge in [-0.15, -0.1) is 5.10 Å². The van der Waals surface area contributed by atoms with Crippen molar-refractivity contribution in [3.8, 4) is 11.6 Å². The molecule has 0 aliphatic carbocycles. The number of benzene rings is 2. The third-order valence-corrected chi connectivity index (χ3v) is 4.24. The van der Waals surface area contributed by atoms with Crippen LogP contribution in [0.3, 0.4) is 0 Å². The largest absolute Gasteiger partial charge is 0.473 e. The van der Waals surface area contributed by atoms with Crippen molar-refractivity contribution in [2.24, 2.45) is 0 Å². The lowest BCUT2D eigenvalue weighted by Crippen LogP contribution is -2.34. The summed E-state index contributed by atoms with van der Waals surface area (Å²) in [6, 6.07) is 10.5. The molecule has 6 heteroatoms. The third-order valence-electron chi connectivity index (χ3n) is 4.24. The molecule has 0 spiro atoms. The van der Waals surface area contributed by atoms with E-state index in [0.29, 0.717) is 17.0 Å². The van der Waals surface area contributed by atoms with E-state index < -0.39 is 0 Å². The zero-order valence-electron chi connectivity index (χ0n) is 13.0. The smallest absolute Gasteiger partial charge is 0.241 e. The van der Waals surface area contributed by atoms with Crippen LogP contribution in [0.5, 0.6) is 5.88 Å². The molecule has 0 radical (unpaired) electrons. The van der Waals surface area contributed by atoms with E-state index in [1.54, 1.807) is 22.9 Å². The minimum Gasteiger partial charge on any atom is -0.473 e. The van der Waals surface area contributed by atoms with E-state index in [1.807, 2.05) is 0 Å². The maximum atomic E-state index is 13.7. The van der Waals surface area contributed by atoms with Crippen molar-refractivity contribution in [3.05, 3.63) is 54.1 Å². The molecule has 4 rings (SSSR count). The van der Waals surface area contributed by atoms with Crippen LogP contribution in [-0.2, 0) is 0 Å². The zero-order valence-corrected chi connectivity index (χ0v) is 13.0. The molecule has 2 heterocycles. The maximum Gasteiger partial charge on any atom is 0.241 e. The van der Waals surface area contributed by atoms with Gasteiger partial charge in [0.25, 0.3) is 0 Å². The first kappa shape index (κ1) is 15.1. The Kier molecular flexibility index (Phi) is 3.90. The standard InChI is InChI=1S/C18H17F2N3O/c19-12-1-4-14(5-2-12)23-17-6-3-13(20)11-16(17)18(22-23)24-15-7-9-21-10-8-15/h1-6,11,15,21H,7-10H2. The van der Waals surface area contributed by atoms with Crippen molar-refractivity contribution in [3.63, 3.8) is 0 Å². The van der Waals surface area contributed by atoms with Gasteiger partial charge in [0.1, 0.15) is 17.7 Å². The molecule has 0 atom stereocenters. The van der Waals surface area contributed by atoms with E-state index in [4.69, 9.17) is 4.74 Å². The van der Waals surface area contributed by atoms with Crippen molar-refractivity contribution in [2.75, 3.05) is 13.1 Å². The molecule has 1 fully saturated rings. The molecule has 1 aliphatic rings. The van der Waals surface area contributed by atoms with Crippen LogP contribution in [-0.4, -0.2) is 29.0 Å². The maximum absolute atomic E-state index is 13.7. The highest BCUT2D eigenvalue weighted by atomic mass is 19.1. The Morgan fingerprint density at radius 3 is 2.46 bits per heavy atom. The molecule has 1 aromatic heterocycles. The molecule has 2 aromatic carbocycles. The molecule has 3 aromatic rings. The predicted molar refractivity (Wildman–Crippen MR) is 87.5 cm³/mol. The second-order valence-corrected chi connectivity index (χ2v) is 5.92. The average molecular weight is 329 g/mol. The second kappa shape index (κ2) is 6.20. The first-order valence-electron chi connectivity index (χ1n) is 8.02. The zero-order chi connectivity index (χ0) is 16.5. The highest BCUT2D eigenvalue weighted by molar-refractivity contribution is 5.86. The topological polar surface area (TPSA) is 39.1 Å². The van der Waals surface area contributed by atoms with Crippen LogP contribution >= 0.6 is 0 Å². The highest BCUT2D eigenvalue weighted by Gasteiger charge is 2.20. The average Bonchev–Trinajstić information content (AvgIpc) is 2.94. The van der Waals surface area contributed by atoms with Crippen molar-refractivity contribution in [1.29, 1.82) is 0 Å². The minimum atomic E-state index is -0.337. The third kappa shape index (κ3) is 2.85. The predicted octanol–water partition coefficient (Wildman–Crippen LogP) is 3.43. The quantitative estimate of drug-likeness (QED) is 0.800. The van der Waals surface area contributed by atoms with Crippen LogP contribution in [0, 0.1) is 11.6 Å². The molecule has 0 bridgehead atoms. The minimum absolute atomic E-state index is 0.0642. The van der Waals surface area contributed by atoms with Crippen molar-refractivity contribution in [2.45, 2.75) is 18.9 Å². The Balaban J connectivity index is 1.78. The van der Waals surface area contributed by atoms with Crippen LogP contribution < -0.4 is 10.1 Å². The molecule has 1 N–H and O–H groups in total. The molecule has 4 nitrogen and oxygen atoms in total. The Morgan fingerprint density at radius 1 is 1.00 bits per heavy atom. The molecule has 1 aliphatic heterocycles. The van der Waals surface area contributed by atoms with Gasteiger partial charge in [-0.3, -0.25) is 0 Å². The number of nitrogens with one attached hydrogen (secondary N) is 1. The fraction of sp³-hybridized carbons (Fsp3) is 0.278. The van der Waals surface area contributed by atoms with Gasteiger partial charge >= 0.3 is 0 Å². The number of halogens is 2. The van der Waals surface area contributed by atoms with Gasteiger partial charge in [-0.05, 0) is 68.4 Å². The Labute approximate surface area is 138 Å². The first-order valence-corrected chi connectivity index (χ1v) is 8.02. The second-order valence-electron chi connectivity index (χ2n) is 5.92. The van der Waals surface area contributed by atoms with E-state index >= 15 is 0 Å². The SMILES string of the molecule is Fc1ccc(-n2nc(OC3CCNCC3)c3cc(F)ccc32)cc1. The number of aromatic nitrogens is 2. The molecular weight excluding hydrogens is 312 g/mol. The summed E-state index contributed by atoms with van der Waals surface area (Å²) in [7, 11) is 0. The Bertz CT molecular complexity index is 855. The van der Waals surface area contributed by atoms with Crippen LogP contribution in [0.4, 0.5) is 8.78 Å². The number of piperidine rings is 1. The number of nitrogens with zero attached hydrogens (tertiary/aromatic N) is 2. The monoisotopic (exact) mass is 329 g/mol. The summed E-state index contributed by atoms with van der Waals surface area (Å²) in [5.41, 5.74) is 1.43. The normalized spacial score (nSPS) is 15.8. The lowest BCUT2D eigenvalue weighted by Gasteiger charge is -2.22. The number of ether oxygens (including phenoxy) is 1. The van der Waals surface area contributed by atoms with E-state index in [2.05, 4.69) is 10.4 Å². The lowest BCUT2D eigenvalue weighted by atomic mass is 10.1. The van der Waals surface area contributed by atoms with E-state index in [-0.39, 0.29) is 17.7 Å². The fourth-order valence-electron chi connectivity index (χ4n) is 3.00. The van der Waals surface area contributed by atoms with E-state index in [1.165, 1.54) is 24.3 Å². The number of rotatable bonds is 3. The molecule has 124 valence electrons. The van der Waals surface area contributed by atoms with Gasteiger partial charge in [0.2, 0.25) is 5.88 Å². The van der Waals surface area contributed by atoms with Crippen LogP contribution in [0.15, 0.2) is 42.5 Å². The summed E-state index contributed by atoms with van der Waals surface area (Å²) >= 11 is 0. The van der Waals surface area contributed by atoms with Gasteiger partial charge in [0, 0.05) is 0 Å². The van der Waals surface area contributed by atoms with Gasteiger partial charge in [-0.2, -0.15) is 0 Å². The van der Waals surface area contributed by atoms with Crippen LogP contribution in [0.25, 0.3) is 16.6 Å². The van der Waals surface area contributed by atoms with Crippen LogP contribution in [0.2, 0.25) is 0 Å². The van der Waals surface area contributed by atoms with Gasteiger partial charge < -0.3 is 10.1 Å². The number of hydrogen-bond donors (Lipinski definition) is 1. The summed E-state index contributed by atoms with van der Waals surface area (Å²) in [6.07, 6.45) is 1.84. The molecule has 0 saturated carbocycles. The summed E-state index contributed by atoms with van der Waals surface area (Å²) in [5.74, 6) is -0.232. The Morgan fingerprint density at radius 2 is 1.71 bits per heavy atom. The van der Waals surface area contributed by atoms with E-state index in [0.717, 1.165) is 31.4 Å². The number of fused-ring (bicyclic) bond motifs is 1. The van der Waals surface area contributed by atoms with Crippen molar-refractivity contribution >= 4 is 10.9 Å². The van der Waals surface area contributed by atoms with Crippen molar-refractivity contribution < 1.29 is 13.5 Å². The van der Waals surface area contributed by atoms with Crippen molar-refractivity contribution in [1.82, 2.24) is 15.1 Å². The van der Waals surface area contributed by atoms with Crippen LogP contribution in [0.1, 0.15) is 12.8 Å². The summed E-state index contributed by atoms with van der Waals surface area (Å²) in [4.78, 5) is 0.